The Balaban J connectivity index is 2.75. The lowest BCUT2D eigenvalue weighted by Crippen LogP contribution is -2.22. The van der Waals surface area contributed by atoms with Gasteiger partial charge in [-0.25, -0.2) is 14.8 Å². The molecule has 8 heteroatoms. The third-order valence-electron chi connectivity index (χ3n) is 1.59. The number of rotatable bonds is 3. The van der Waals surface area contributed by atoms with E-state index in [1.807, 2.05) is 0 Å². The van der Waals surface area contributed by atoms with Crippen LogP contribution in [0.5, 0.6) is 0 Å². The lowest BCUT2D eigenvalue weighted by molar-refractivity contribution is 0.0514. The van der Waals surface area contributed by atoms with Gasteiger partial charge in [-0.2, -0.15) is 0 Å². The van der Waals surface area contributed by atoms with Crippen molar-refractivity contribution in [2.24, 2.45) is 0 Å². The Hall–Kier alpha value is -2.12. The van der Waals surface area contributed by atoms with E-state index in [4.69, 9.17) is 9.47 Å². The molecule has 0 aliphatic heterocycles. The van der Waals surface area contributed by atoms with Gasteiger partial charge in [0, 0.05) is 0 Å². The number of aromatic amines is 3. The van der Waals surface area contributed by atoms with Crippen LogP contribution in [0.15, 0.2) is 6.20 Å². The highest BCUT2D eigenvalue weighted by Gasteiger charge is 2.08. The number of carbonyl (C=O) groups excluding carboxylic acids is 2. The maximum Gasteiger partial charge on any atom is 0.449 e. The van der Waals surface area contributed by atoms with Crippen molar-refractivity contribution in [1.82, 2.24) is 20.2 Å². The van der Waals surface area contributed by atoms with Crippen LogP contribution in [0.4, 0.5) is 4.79 Å². The van der Waals surface area contributed by atoms with Crippen LogP contribution in [0.25, 0.3) is 0 Å². The van der Waals surface area contributed by atoms with Crippen LogP contribution in [0.2, 0.25) is 0 Å². The second kappa shape index (κ2) is 5.69. The molecule has 1 aromatic rings. The van der Waals surface area contributed by atoms with Gasteiger partial charge in [0.1, 0.15) is 0 Å². The molecule has 0 unspecified atom stereocenters. The van der Waals surface area contributed by atoms with Crippen molar-refractivity contribution in [3.63, 3.8) is 0 Å². The molecule has 0 amide bonds. The SMILES string of the molecule is CCOC(=O)c1c[nH]n(C(=O)OCC)[nH][nH]1. The topological polar surface area (TPSA) is 105 Å². The predicted molar refractivity (Wildman–Crippen MR) is 53.5 cm³/mol. The molecule has 1 aromatic heterocycles. The van der Waals surface area contributed by atoms with E-state index >= 15 is 0 Å². The Labute approximate surface area is 91.2 Å². The molecule has 16 heavy (non-hydrogen) atoms. The van der Waals surface area contributed by atoms with Crippen molar-refractivity contribution in [3.8, 4) is 0 Å². The molecule has 0 saturated heterocycles. The first kappa shape index (κ1) is 12.0. The van der Waals surface area contributed by atoms with Crippen LogP contribution >= 0.6 is 0 Å². The molecule has 1 rings (SSSR count). The van der Waals surface area contributed by atoms with Crippen molar-refractivity contribution in [2.45, 2.75) is 13.8 Å². The van der Waals surface area contributed by atoms with Crippen LogP contribution < -0.4 is 0 Å². The van der Waals surface area contributed by atoms with Crippen LogP contribution in [0.3, 0.4) is 0 Å². The maximum atomic E-state index is 11.2. The molecule has 0 spiro atoms. The fraction of sp³-hybridized carbons (Fsp3) is 0.500. The number of hydrogen-bond donors (Lipinski definition) is 3. The molecular weight excluding hydrogens is 216 g/mol. The molecule has 1 heterocycles. The van der Waals surface area contributed by atoms with E-state index in [2.05, 4.69) is 15.4 Å². The highest BCUT2D eigenvalue weighted by Crippen LogP contribution is 1.93. The van der Waals surface area contributed by atoms with Gasteiger partial charge in [0.25, 0.3) is 0 Å². The maximum absolute atomic E-state index is 11.2. The summed E-state index contributed by atoms with van der Waals surface area (Å²) in [5.74, 6) is -0.522. The zero-order valence-corrected chi connectivity index (χ0v) is 9.07. The van der Waals surface area contributed by atoms with Gasteiger partial charge in [-0.15, -0.1) is 4.80 Å². The van der Waals surface area contributed by atoms with E-state index < -0.39 is 12.1 Å². The highest BCUT2D eigenvalue weighted by atomic mass is 16.6. The Morgan fingerprint density at radius 2 is 2.00 bits per heavy atom. The fourth-order valence-electron chi connectivity index (χ4n) is 0.919. The summed E-state index contributed by atoms with van der Waals surface area (Å²) in [7, 11) is 0. The average molecular weight is 230 g/mol. The normalized spacial score (nSPS) is 9.62. The lowest BCUT2D eigenvalue weighted by Gasteiger charge is -2.07. The minimum absolute atomic E-state index is 0.169. The van der Waals surface area contributed by atoms with Crippen molar-refractivity contribution < 1.29 is 19.1 Å². The summed E-state index contributed by atoms with van der Waals surface area (Å²) < 4.78 is 9.44. The van der Waals surface area contributed by atoms with E-state index in [9.17, 15) is 9.59 Å². The third kappa shape index (κ3) is 2.94. The van der Waals surface area contributed by atoms with Crippen molar-refractivity contribution >= 4 is 12.1 Å². The molecule has 90 valence electrons. The fourth-order valence-corrected chi connectivity index (χ4v) is 0.919. The molecule has 0 atom stereocenters. The quantitative estimate of drug-likeness (QED) is 0.667. The summed E-state index contributed by atoms with van der Waals surface area (Å²) in [6.45, 7) is 3.93. The van der Waals surface area contributed by atoms with E-state index in [0.717, 1.165) is 4.80 Å². The summed E-state index contributed by atoms with van der Waals surface area (Å²) in [6.07, 6.45) is 0.681. The first-order valence-electron chi connectivity index (χ1n) is 4.81. The number of H-pyrrole nitrogens is 3. The van der Waals surface area contributed by atoms with Gasteiger partial charge in [-0.3, -0.25) is 10.2 Å². The van der Waals surface area contributed by atoms with Gasteiger partial charge in [0.15, 0.2) is 5.69 Å². The molecule has 3 N–H and O–H groups in total. The summed E-state index contributed by atoms with van der Waals surface area (Å²) >= 11 is 0. The number of aromatic nitrogens is 4. The Bertz CT molecular complexity index is 341. The van der Waals surface area contributed by atoms with Crippen LogP contribution in [-0.2, 0) is 9.47 Å². The predicted octanol–water partition coefficient (Wildman–Crippen LogP) is 0.778. The number of ether oxygens (including phenoxy) is 2. The van der Waals surface area contributed by atoms with Crippen molar-refractivity contribution in [3.05, 3.63) is 11.9 Å². The summed E-state index contributed by atoms with van der Waals surface area (Å²) in [5.41, 5.74) is 0.169. The number of esters is 1. The molecule has 0 aliphatic rings. The zero-order valence-electron chi connectivity index (χ0n) is 9.07. The minimum Gasteiger partial charge on any atom is -0.461 e. The van der Waals surface area contributed by atoms with Crippen LogP contribution in [-0.4, -0.2) is 45.5 Å². The molecule has 0 bridgehead atoms. The third-order valence-corrected chi connectivity index (χ3v) is 1.59. The Morgan fingerprint density at radius 1 is 1.31 bits per heavy atom. The Morgan fingerprint density at radius 3 is 2.50 bits per heavy atom. The first-order chi connectivity index (χ1) is 7.69. The minimum atomic E-state index is -0.617. The van der Waals surface area contributed by atoms with Crippen LogP contribution in [0, 0.1) is 0 Å². The monoisotopic (exact) mass is 230 g/mol. The molecule has 0 saturated carbocycles. The van der Waals surface area contributed by atoms with Gasteiger partial charge in [-0.1, -0.05) is 0 Å². The summed E-state index contributed by atoms with van der Waals surface area (Å²) in [4.78, 5) is 23.4. The molecule has 0 radical (unpaired) electrons. The second-order valence-electron chi connectivity index (χ2n) is 2.68. The smallest absolute Gasteiger partial charge is 0.449 e. The van der Waals surface area contributed by atoms with Crippen molar-refractivity contribution in [2.75, 3.05) is 13.2 Å². The average Bonchev–Trinajstić information content (AvgIpc) is 2.30. The Kier molecular flexibility index (Phi) is 4.25. The van der Waals surface area contributed by atoms with E-state index in [-0.39, 0.29) is 18.9 Å². The molecule has 8 nitrogen and oxygen atoms in total. The highest BCUT2D eigenvalue weighted by molar-refractivity contribution is 5.86. The van der Waals surface area contributed by atoms with Gasteiger partial charge in [0.05, 0.1) is 19.4 Å². The van der Waals surface area contributed by atoms with Gasteiger partial charge in [0.2, 0.25) is 0 Å². The van der Waals surface area contributed by atoms with E-state index in [1.54, 1.807) is 13.8 Å². The second-order valence-corrected chi connectivity index (χ2v) is 2.68. The standard InChI is InChI=1S/C8H14N4O4/c1-3-15-7(13)6-5-9-12(11-10-6)8(14)16-4-2/h5,9-11H,3-4H2,1-2H3. The van der Waals surface area contributed by atoms with Gasteiger partial charge >= 0.3 is 12.1 Å². The van der Waals surface area contributed by atoms with E-state index in [1.165, 1.54) is 6.20 Å². The molecule has 0 fully saturated rings. The zero-order chi connectivity index (χ0) is 12.0. The molecule has 0 aromatic carbocycles. The lowest BCUT2D eigenvalue weighted by atomic mass is 10.5. The largest absolute Gasteiger partial charge is 0.461 e. The number of carbonyl (C=O) groups is 2. The van der Waals surface area contributed by atoms with Crippen molar-refractivity contribution in [1.29, 1.82) is 0 Å². The first-order valence-corrected chi connectivity index (χ1v) is 4.81. The van der Waals surface area contributed by atoms with Crippen LogP contribution in [0.1, 0.15) is 24.3 Å². The van der Waals surface area contributed by atoms with E-state index in [0.29, 0.717) is 0 Å². The number of nitrogens with zero attached hydrogens (tertiary/aromatic N) is 1. The number of nitrogens with one attached hydrogen (secondary N) is 3. The molecular formula is C8H14N4O4. The molecule has 0 aliphatic carbocycles. The number of hydrogen-bond acceptors (Lipinski definition) is 4. The van der Waals surface area contributed by atoms with Gasteiger partial charge in [-0.05, 0) is 13.8 Å². The van der Waals surface area contributed by atoms with Gasteiger partial charge < -0.3 is 9.47 Å². The summed E-state index contributed by atoms with van der Waals surface area (Å²) in [5, 5.41) is 7.43. The summed E-state index contributed by atoms with van der Waals surface area (Å²) in [6, 6.07) is 0.